The summed E-state index contributed by atoms with van der Waals surface area (Å²) in [6.45, 7) is 5.19. The second kappa shape index (κ2) is 10.6. The molecule has 4 N–H and O–H groups in total. The molecule has 0 aliphatic carbocycles. The molecule has 2 aromatic heterocycles. The number of aliphatic hydroxyl groups is 1. The molecule has 1 amide bonds. The summed E-state index contributed by atoms with van der Waals surface area (Å²) in [5.41, 5.74) is 8.83. The largest absolute Gasteiger partial charge is 0.383 e. The minimum Gasteiger partial charge on any atom is -0.383 e. The number of fused-ring (bicyclic) bond motifs is 1. The lowest BCUT2D eigenvalue weighted by Crippen LogP contribution is -2.42. The number of amides is 1. The molecule has 0 radical (unpaired) electrons. The van der Waals surface area contributed by atoms with Gasteiger partial charge in [-0.25, -0.2) is 23.4 Å². The number of nitrogens with zero attached hydrogens (tertiary/aromatic N) is 5. The van der Waals surface area contributed by atoms with Crippen LogP contribution in [0.2, 0.25) is 0 Å². The summed E-state index contributed by atoms with van der Waals surface area (Å²) in [5, 5.41) is 18.4. The number of halogens is 2. The van der Waals surface area contributed by atoms with Crippen LogP contribution in [0, 0.1) is 11.6 Å². The molecular formula is C27H27F2N7O2. The molecule has 38 heavy (non-hydrogen) atoms. The van der Waals surface area contributed by atoms with Crippen LogP contribution in [0.1, 0.15) is 34.8 Å². The first-order valence-electron chi connectivity index (χ1n) is 12.2. The van der Waals surface area contributed by atoms with Crippen molar-refractivity contribution in [1.82, 2.24) is 30.0 Å². The highest BCUT2D eigenvalue weighted by Crippen LogP contribution is 2.34. The zero-order chi connectivity index (χ0) is 26.8. The third kappa shape index (κ3) is 4.98. The molecule has 11 heteroatoms. The number of benzene rings is 2. The maximum absolute atomic E-state index is 13.9. The third-order valence-electron chi connectivity index (χ3n) is 6.73. The van der Waals surface area contributed by atoms with Gasteiger partial charge in [0.2, 0.25) is 0 Å². The van der Waals surface area contributed by atoms with E-state index >= 15 is 0 Å². The molecule has 1 aliphatic rings. The summed E-state index contributed by atoms with van der Waals surface area (Å²) < 4.78 is 28.9. The van der Waals surface area contributed by atoms with Gasteiger partial charge in [-0.15, -0.1) is 0 Å². The molecule has 3 heterocycles. The van der Waals surface area contributed by atoms with Crippen LogP contribution in [-0.4, -0.2) is 55.0 Å². The average Bonchev–Trinajstić information content (AvgIpc) is 3.33. The number of rotatable bonds is 7. The lowest BCUT2D eigenvalue weighted by molar-refractivity contribution is 0.0126. The van der Waals surface area contributed by atoms with E-state index in [1.807, 2.05) is 33.8 Å². The number of aliphatic hydroxyl groups excluding tert-OH is 1. The van der Waals surface area contributed by atoms with Crippen LogP contribution in [0.5, 0.6) is 0 Å². The van der Waals surface area contributed by atoms with E-state index in [-0.39, 0.29) is 18.2 Å². The number of carbonyl (C=O) groups is 1. The van der Waals surface area contributed by atoms with Gasteiger partial charge in [-0.3, -0.25) is 9.69 Å². The molecule has 196 valence electrons. The Morgan fingerprint density at radius 2 is 2.03 bits per heavy atom. The minimum absolute atomic E-state index is 0.0229. The highest BCUT2D eigenvalue weighted by Gasteiger charge is 2.28. The van der Waals surface area contributed by atoms with E-state index in [2.05, 4.69) is 21.9 Å². The predicted octanol–water partition coefficient (Wildman–Crippen LogP) is 3.43. The van der Waals surface area contributed by atoms with Crippen LogP contribution in [0.15, 0.2) is 61.4 Å². The molecule has 0 bridgehead atoms. The van der Waals surface area contributed by atoms with Crippen molar-refractivity contribution in [3.8, 4) is 11.3 Å². The molecular weight excluding hydrogens is 492 g/mol. The smallest absolute Gasteiger partial charge is 0.254 e. The van der Waals surface area contributed by atoms with Crippen LogP contribution in [0.4, 0.5) is 14.6 Å². The Kier molecular flexibility index (Phi) is 7.12. The number of hydrogen-bond acceptors (Lipinski definition) is 7. The summed E-state index contributed by atoms with van der Waals surface area (Å²) in [4.78, 5) is 22.9. The van der Waals surface area contributed by atoms with Crippen molar-refractivity contribution in [3.05, 3.63) is 84.2 Å². The summed E-state index contributed by atoms with van der Waals surface area (Å²) in [5.74, 6) is -1.98. The van der Waals surface area contributed by atoms with E-state index < -0.39 is 23.8 Å². The summed E-state index contributed by atoms with van der Waals surface area (Å²) >= 11 is 0. The fourth-order valence-corrected chi connectivity index (χ4v) is 4.76. The van der Waals surface area contributed by atoms with Crippen molar-refractivity contribution in [2.24, 2.45) is 0 Å². The summed E-state index contributed by atoms with van der Waals surface area (Å²) in [6, 6.07) is 10.2. The molecule has 5 rings (SSSR count). The molecule has 2 atom stereocenters. The Bertz CT molecular complexity index is 1490. The highest BCUT2D eigenvalue weighted by atomic mass is 19.1. The van der Waals surface area contributed by atoms with Crippen molar-refractivity contribution < 1.29 is 18.7 Å². The number of nitrogen functional groups attached to an aromatic ring is 1. The van der Waals surface area contributed by atoms with Crippen LogP contribution in [-0.2, 0) is 6.54 Å². The first-order valence-corrected chi connectivity index (χ1v) is 12.2. The minimum atomic E-state index is -0.916. The quantitative estimate of drug-likeness (QED) is 0.320. The van der Waals surface area contributed by atoms with E-state index in [9.17, 15) is 18.7 Å². The van der Waals surface area contributed by atoms with Gasteiger partial charge >= 0.3 is 0 Å². The maximum atomic E-state index is 13.9. The zero-order valence-corrected chi connectivity index (χ0v) is 20.5. The predicted molar refractivity (Wildman–Crippen MR) is 139 cm³/mol. The first-order chi connectivity index (χ1) is 18.4. The van der Waals surface area contributed by atoms with Crippen molar-refractivity contribution in [3.63, 3.8) is 0 Å². The number of carbonyl (C=O) groups excluding carboxylic acids is 1. The molecule has 2 aromatic carbocycles. The summed E-state index contributed by atoms with van der Waals surface area (Å²) in [7, 11) is 0. The molecule has 1 aliphatic heterocycles. The molecule has 1 saturated heterocycles. The first kappa shape index (κ1) is 25.4. The number of nitrogens with two attached hydrogens (primary N) is 1. The Morgan fingerprint density at radius 1 is 1.24 bits per heavy atom. The van der Waals surface area contributed by atoms with Gasteiger partial charge in [0, 0.05) is 31.3 Å². The Labute approximate surface area is 217 Å². The zero-order valence-electron chi connectivity index (χ0n) is 20.5. The molecule has 0 spiro atoms. The standard InChI is InChI=1S/C27H27F2N7O2/c1-2-22(37)35-11-3-4-19(14-35)36-26-23(25(30)32-15-33-26)24(34-36)17-7-5-16(6-8-17)13-31-27(38)20-10-9-18(28)12-21(20)29/h2,5-10,12,15,19,22,37H,1,3-4,11,13-14H2,(H,31,38)(H2,30,32,33). The normalized spacial score (nSPS) is 16.9. The Hall–Kier alpha value is -4.22. The van der Waals surface area contributed by atoms with E-state index in [0.29, 0.717) is 35.2 Å². The second-order valence-electron chi connectivity index (χ2n) is 9.19. The van der Waals surface area contributed by atoms with Gasteiger partial charge in [0.1, 0.15) is 35.7 Å². The van der Waals surface area contributed by atoms with Gasteiger partial charge in [0.05, 0.1) is 17.0 Å². The molecule has 4 aromatic rings. The fourth-order valence-electron chi connectivity index (χ4n) is 4.76. The van der Waals surface area contributed by atoms with Gasteiger partial charge in [0.15, 0.2) is 5.65 Å². The van der Waals surface area contributed by atoms with Crippen molar-refractivity contribution >= 4 is 22.8 Å². The third-order valence-corrected chi connectivity index (χ3v) is 6.73. The van der Waals surface area contributed by atoms with Gasteiger partial charge in [-0.05, 0) is 36.6 Å². The van der Waals surface area contributed by atoms with Gasteiger partial charge < -0.3 is 16.2 Å². The van der Waals surface area contributed by atoms with Gasteiger partial charge in [0.25, 0.3) is 5.91 Å². The number of likely N-dealkylation sites (tertiary alicyclic amines) is 1. The topological polar surface area (TPSA) is 122 Å². The van der Waals surface area contributed by atoms with Crippen molar-refractivity contribution in [2.75, 3.05) is 18.8 Å². The van der Waals surface area contributed by atoms with Crippen LogP contribution in [0.3, 0.4) is 0 Å². The van der Waals surface area contributed by atoms with Crippen molar-refractivity contribution in [1.29, 1.82) is 0 Å². The van der Waals surface area contributed by atoms with Crippen LogP contribution >= 0.6 is 0 Å². The monoisotopic (exact) mass is 519 g/mol. The van der Waals surface area contributed by atoms with Crippen LogP contribution in [0.25, 0.3) is 22.3 Å². The van der Waals surface area contributed by atoms with Gasteiger partial charge in [-0.2, -0.15) is 5.10 Å². The molecule has 0 saturated carbocycles. The Morgan fingerprint density at radius 3 is 2.76 bits per heavy atom. The van der Waals surface area contributed by atoms with Gasteiger partial charge in [-0.1, -0.05) is 30.8 Å². The number of anilines is 1. The van der Waals surface area contributed by atoms with E-state index in [1.165, 1.54) is 12.4 Å². The summed E-state index contributed by atoms with van der Waals surface area (Å²) in [6.07, 6.45) is 3.94. The lowest BCUT2D eigenvalue weighted by Gasteiger charge is -2.34. The Balaban J connectivity index is 1.38. The van der Waals surface area contributed by atoms with E-state index in [1.54, 1.807) is 0 Å². The molecule has 9 nitrogen and oxygen atoms in total. The van der Waals surface area contributed by atoms with Crippen LogP contribution < -0.4 is 11.1 Å². The fraction of sp³-hybridized carbons (Fsp3) is 0.259. The SMILES string of the molecule is C=CC(O)N1CCCC(n2nc(-c3ccc(CNC(=O)c4ccc(F)cc4F)cc3)c3c(N)ncnc32)C1. The van der Waals surface area contributed by atoms with Crippen molar-refractivity contribution in [2.45, 2.75) is 31.7 Å². The highest BCUT2D eigenvalue weighted by molar-refractivity contribution is 5.98. The second-order valence-corrected chi connectivity index (χ2v) is 9.19. The number of piperidine rings is 1. The van der Waals surface area contributed by atoms with E-state index in [4.69, 9.17) is 10.8 Å². The average molecular weight is 520 g/mol. The molecule has 1 fully saturated rings. The number of hydrogen-bond donors (Lipinski definition) is 3. The maximum Gasteiger partial charge on any atom is 0.254 e. The lowest BCUT2D eigenvalue weighted by atomic mass is 10.1. The number of aromatic nitrogens is 4. The molecule has 2 unspecified atom stereocenters. The van der Waals surface area contributed by atoms with E-state index in [0.717, 1.165) is 42.6 Å². The number of nitrogens with one attached hydrogen (secondary N) is 1.